The summed E-state index contributed by atoms with van der Waals surface area (Å²) in [7, 11) is 0. The Bertz CT molecular complexity index is 298. The molecule has 1 atom stereocenters. The lowest BCUT2D eigenvalue weighted by Gasteiger charge is -2.08. The molecule has 1 unspecified atom stereocenters. The number of hydrogen-bond donors (Lipinski definition) is 1. The number of carbonyl (C=O) groups is 1. The Labute approximate surface area is 93.1 Å². The predicted octanol–water partition coefficient (Wildman–Crippen LogP) is 2.56. The average Bonchev–Trinajstić information content (AvgIpc) is 2.51. The number of alkyl halides is 1. The van der Waals surface area contributed by atoms with Gasteiger partial charge in [0.15, 0.2) is 10.4 Å². The van der Waals surface area contributed by atoms with Crippen LogP contribution in [0, 0.1) is 0 Å². The highest BCUT2D eigenvalue weighted by Crippen LogP contribution is 2.13. The van der Waals surface area contributed by atoms with Gasteiger partial charge < -0.3 is 9.73 Å². The standard InChI is InChI=1S/C8H9Br2NO2/c1-5(4-9)11-8(12)6-2-3-7(10)13-6/h2-3,5H,4H2,1H3,(H,11,12). The molecule has 0 aliphatic carbocycles. The Balaban J connectivity index is 2.58. The normalized spacial score (nSPS) is 12.5. The van der Waals surface area contributed by atoms with Gasteiger partial charge in [-0.15, -0.1) is 0 Å². The zero-order chi connectivity index (χ0) is 9.84. The summed E-state index contributed by atoms with van der Waals surface area (Å²) in [5, 5.41) is 3.48. The summed E-state index contributed by atoms with van der Waals surface area (Å²) in [4.78, 5) is 11.4. The molecule has 1 heterocycles. The van der Waals surface area contributed by atoms with E-state index in [0.29, 0.717) is 10.4 Å². The van der Waals surface area contributed by atoms with Gasteiger partial charge in [-0.1, -0.05) is 15.9 Å². The fourth-order valence-electron chi connectivity index (χ4n) is 0.770. The maximum atomic E-state index is 11.4. The molecule has 1 rings (SSSR count). The summed E-state index contributed by atoms with van der Waals surface area (Å²) >= 11 is 6.39. The van der Waals surface area contributed by atoms with Crippen LogP contribution < -0.4 is 5.32 Å². The SMILES string of the molecule is CC(CBr)NC(=O)c1ccc(Br)o1. The highest BCUT2D eigenvalue weighted by Gasteiger charge is 2.11. The van der Waals surface area contributed by atoms with Gasteiger partial charge in [0.05, 0.1) is 0 Å². The van der Waals surface area contributed by atoms with Crippen molar-refractivity contribution in [1.29, 1.82) is 0 Å². The Morgan fingerprint density at radius 3 is 2.85 bits per heavy atom. The van der Waals surface area contributed by atoms with E-state index in [1.807, 2.05) is 6.92 Å². The summed E-state index contributed by atoms with van der Waals surface area (Å²) in [6, 6.07) is 3.41. The monoisotopic (exact) mass is 309 g/mol. The predicted molar refractivity (Wildman–Crippen MR) is 57.1 cm³/mol. The molecule has 0 aliphatic rings. The summed E-state index contributed by atoms with van der Waals surface area (Å²) in [5.74, 6) is 0.123. The molecular formula is C8H9Br2NO2. The number of carbonyl (C=O) groups excluding carboxylic acids is 1. The van der Waals surface area contributed by atoms with Crippen LogP contribution in [0.1, 0.15) is 17.5 Å². The third-order valence-electron chi connectivity index (χ3n) is 1.41. The molecule has 0 saturated carbocycles. The van der Waals surface area contributed by atoms with Gasteiger partial charge in [-0.05, 0) is 35.0 Å². The first-order valence-electron chi connectivity index (χ1n) is 3.75. The molecule has 5 heteroatoms. The van der Waals surface area contributed by atoms with E-state index in [1.165, 1.54) is 0 Å². The Morgan fingerprint density at radius 2 is 2.38 bits per heavy atom. The van der Waals surface area contributed by atoms with E-state index < -0.39 is 0 Å². The van der Waals surface area contributed by atoms with Gasteiger partial charge in [0, 0.05) is 11.4 Å². The van der Waals surface area contributed by atoms with Gasteiger partial charge >= 0.3 is 0 Å². The Kier molecular flexibility index (Phi) is 3.99. The lowest BCUT2D eigenvalue weighted by Crippen LogP contribution is -2.33. The molecule has 1 amide bonds. The first-order chi connectivity index (χ1) is 6.13. The van der Waals surface area contributed by atoms with Crippen molar-refractivity contribution in [2.75, 3.05) is 5.33 Å². The van der Waals surface area contributed by atoms with Crippen LogP contribution in [0.2, 0.25) is 0 Å². The van der Waals surface area contributed by atoms with Crippen LogP contribution in [0.3, 0.4) is 0 Å². The second kappa shape index (κ2) is 4.81. The molecule has 0 aliphatic heterocycles. The van der Waals surface area contributed by atoms with Crippen molar-refractivity contribution in [2.24, 2.45) is 0 Å². The zero-order valence-corrected chi connectivity index (χ0v) is 10.2. The molecular weight excluding hydrogens is 302 g/mol. The maximum Gasteiger partial charge on any atom is 0.287 e. The van der Waals surface area contributed by atoms with Crippen LogP contribution in [0.4, 0.5) is 0 Å². The lowest BCUT2D eigenvalue weighted by atomic mass is 10.3. The van der Waals surface area contributed by atoms with E-state index >= 15 is 0 Å². The smallest absolute Gasteiger partial charge is 0.287 e. The van der Waals surface area contributed by atoms with E-state index in [9.17, 15) is 4.79 Å². The van der Waals surface area contributed by atoms with Crippen LogP contribution >= 0.6 is 31.9 Å². The minimum absolute atomic E-state index is 0.0939. The second-order valence-corrected chi connectivity index (χ2v) is 4.06. The largest absolute Gasteiger partial charge is 0.444 e. The summed E-state index contributed by atoms with van der Waals surface area (Å²) in [6.07, 6.45) is 0. The van der Waals surface area contributed by atoms with Crippen LogP contribution in [-0.2, 0) is 0 Å². The van der Waals surface area contributed by atoms with Crippen LogP contribution in [0.25, 0.3) is 0 Å². The van der Waals surface area contributed by atoms with E-state index in [1.54, 1.807) is 12.1 Å². The van der Waals surface area contributed by atoms with Gasteiger partial charge in [-0.25, -0.2) is 0 Å². The summed E-state index contributed by atoms with van der Waals surface area (Å²) < 4.78 is 5.64. The van der Waals surface area contributed by atoms with Crippen molar-refractivity contribution < 1.29 is 9.21 Å². The average molecular weight is 311 g/mol. The Morgan fingerprint density at radius 1 is 1.69 bits per heavy atom. The highest BCUT2D eigenvalue weighted by molar-refractivity contribution is 9.10. The first kappa shape index (κ1) is 10.8. The summed E-state index contributed by atoms with van der Waals surface area (Å²) in [5.41, 5.74) is 0. The molecule has 1 aromatic heterocycles. The van der Waals surface area contributed by atoms with Crippen LogP contribution in [0.5, 0.6) is 0 Å². The summed E-state index contributed by atoms with van der Waals surface area (Å²) in [6.45, 7) is 1.91. The molecule has 13 heavy (non-hydrogen) atoms. The zero-order valence-electron chi connectivity index (χ0n) is 7.01. The van der Waals surface area contributed by atoms with Crippen LogP contribution in [-0.4, -0.2) is 17.3 Å². The second-order valence-electron chi connectivity index (χ2n) is 2.63. The number of hydrogen-bond acceptors (Lipinski definition) is 2. The molecule has 0 bridgehead atoms. The highest BCUT2D eigenvalue weighted by atomic mass is 79.9. The third kappa shape index (κ3) is 3.15. The minimum atomic E-state index is -0.197. The van der Waals surface area contributed by atoms with E-state index in [0.717, 1.165) is 5.33 Å². The Hall–Kier alpha value is -0.290. The molecule has 0 spiro atoms. The topological polar surface area (TPSA) is 42.2 Å². The molecule has 1 N–H and O–H groups in total. The van der Waals surface area contributed by atoms with Gasteiger partial charge in [0.1, 0.15) is 0 Å². The minimum Gasteiger partial charge on any atom is -0.444 e. The lowest BCUT2D eigenvalue weighted by molar-refractivity contribution is 0.0914. The molecule has 0 saturated heterocycles. The molecule has 0 aromatic carbocycles. The number of rotatable bonds is 3. The van der Waals surface area contributed by atoms with E-state index in [-0.39, 0.29) is 11.9 Å². The van der Waals surface area contributed by atoms with Gasteiger partial charge in [-0.2, -0.15) is 0 Å². The van der Waals surface area contributed by atoms with E-state index in [2.05, 4.69) is 37.2 Å². The third-order valence-corrected chi connectivity index (χ3v) is 2.80. The van der Waals surface area contributed by atoms with Gasteiger partial charge in [0.2, 0.25) is 0 Å². The fourth-order valence-corrected chi connectivity index (χ4v) is 1.24. The van der Waals surface area contributed by atoms with Crippen molar-refractivity contribution in [3.63, 3.8) is 0 Å². The number of furan rings is 1. The molecule has 0 fully saturated rings. The molecule has 3 nitrogen and oxygen atoms in total. The van der Waals surface area contributed by atoms with E-state index in [4.69, 9.17) is 4.42 Å². The molecule has 0 radical (unpaired) electrons. The molecule has 72 valence electrons. The van der Waals surface area contributed by atoms with Crippen molar-refractivity contribution in [1.82, 2.24) is 5.32 Å². The number of amides is 1. The number of halogens is 2. The maximum absolute atomic E-state index is 11.4. The van der Waals surface area contributed by atoms with Crippen molar-refractivity contribution in [3.05, 3.63) is 22.6 Å². The first-order valence-corrected chi connectivity index (χ1v) is 5.67. The van der Waals surface area contributed by atoms with Crippen molar-refractivity contribution in [3.8, 4) is 0 Å². The van der Waals surface area contributed by atoms with Gasteiger partial charge in [0.25, 0.3) is 5.91 Å². The fraction of sp³-hybridized carbons (Fsp3) is 0.375. The number of nitrogens with one attached hydrogen (secondary N) is 1. The van der Waals surface area contributed by atoms with Gasteiger partial charge in [-0.3, -0.25) is 4.79 Å². The quantitative estimate of drug-likeness (QED) is 0.872. The molecule has 1 aromatic rings. The van der Waals surface area contributed by atoms with Crippen molar-refractivity contribution >= 4 is 37.8 Å². The van der Waals surface area contributed by atoms with Crippen molar-refractivity contribution in [2.45, 2.75) is 13.0 Å². The van der Waals surface area contributed by atoms with Crippen LogP contribution in [0.15, 0.2) is 21.2 Å².